The molecule has 1 aliphatic carbocycles. The summed E-state index contributed by atoms with van der Waals surface area (Å²) >= 11 is 0. The van der Waals surface area contributed by atoms with Crippen LogP contribution in [-0.4, -0.2) is 32.0 Å². The number of hydrogen-bond acceptors (Lipinski definition) is 3. The van der Waals surface area contributed by atoms with Gasteiger partial charge in [-0.15, -0.1) is 0 Å². The van der Waals surface area contributed by atoms with E-state index in [1.807, 2.05) is 0 Å². The normalized spacial score (nSPS) is 17.8. The Balaban J connectivity index is 2.45. The van der Waals surface area contributed by atoms with Crippen molar-refractivity contribution >= 4 is 11.8 Å². The van der Waals surface area contributed by atoms with E-state index in [0.29, 0.717) is 13.1 Å². The second-order valence-electron chi connectivity index (χ2n) is 5.13. The van der Waals surface area contributed by atoms with Crippen molar-refractivity contribution in [2.45, 2.75) is 26.7 Å². The van der Waals surface area contributed by atoms with E-state index in [-0.39, 0.29) is 17.2 Å². The van der Waals surface area contributed by atoms with Crippen LogP contribution in [0.4, 0.5) is 0 Å². The molecule has 0 bridgehead atoms. The predicted molar refractivity (Wildman–Crippen MR) is 61.6 cm³/mol. The lowest BCUT2D eigenvalue weighted by Crippen LogP contribution is -2.46. The van der Waals surface area contributed by atoms with Crippen LogP contribution < -0.4 is 16.4 Å². The van der Waals surface area contributed by atoms with Crippen LogP contribution >= 0.6 is 0 Å². The van der Waals surface area contributed by atoms with Gasteiger partial charge in [0.2, 0.25) is 11.8 Å². The maximum atomic E-state index is 11.8. The summed E-state index contributed by atoms with van der Waals surface area (Å²) in [4.78, 5) is 23.3. The van der Waals surface area contributed by atoms with Gasteiger partial charge in [0.25, 0.3) is 0 Å². The molecular formula is C11H21N3O2. The Morgan fingerprint density at radius 1 is 1.38 bits per heavy atom. The molecule has 1 aliphatic rings. The summed E-state index contributed by atoms with van der Waals surface area (Å²) in [6, 6.07) is 0. The number of amides is 2. The smallest absolute Gasteiger partial charge is 0.227 e. The second kappa shape index (κ2) is 4.41. The fraction of sp³-hybridized carbons (Fsp3) is 0.818. The first-order chi connectivity index (χ1) is 7.38. The molecule has 1 saturated carbocycles. The Morgan fingerprint density at radius 2 is 1.94 bits per heavy atom. The van der Waals surface area contributed by atoms with Gasteiger partial charge in [-0.25, -0.2) is 0 Å². The standard InChI is InChI=1S/C11H21N3O2/c1-10(2,8(15)13-3)7-14-9(16)11(6-12)4-5-11/h4-7,12H2,1-3H3,(H,13,15)(H,14,16). The predicted octanol–water partition coefficient (Wildman–Crippen LogP) is -0.386. The minimum Gasteiger partial charge on any atom is -0.359 e. The molecule has 1 fully saturated rings. The van der Waals surface area contributed by atoms with Gasteiger partial charge in [-0.2, -0.15) is 0 Å². The van der Waals surface area contributed by atoms with Gasteiger partial charge < -0.3 is 16.4 Å². The highest BCUT2D eigenvalue weighted by atomic mass is 16.2. The monoisotopic (exact) mass is 227 g/mol. The molecule has 0 atom stereocenters. The van der Waals surface area contributed by atoms with E-state index >= 15 is 0 Å². The minimum absolute atomic E-state index is 0.0213. The third kappa shape index (κ3) is 2.52. The maximum Gasteiger partial charge on any atom is 0.227 e. The molecule has 0 radical (unpaired) electrons. The van der Waals surface area contributed by atoms with Crippen molar-refractivity contribution in [1.82, 2.24) is 10.6 Å². The van der Waals surface area contributed by atoms with E-state index in [1.54, 1.807) is 20.9 Å². The summed E-state index contributed by atoms with van der Waals surface area (Å²) in [6.07, 6.45) is 1.71. The van der Waals surface area contributed by atoms with E-state index in [2.05, 4.69) is 10.6 Å². The topological polar surface area (TPSA) is 84.2 Å². The summed E-state index contributed by atoms with van der Waals surface area (Å²) in [5, 5.41) is 5.39. The number of carbonyl (C=O) groups is 2. The SMILES string of the molecule is CNC(=O)C(C)(C)CNC(=O)C1(CN)CC1. The van der Waals surface area contributed by atoms with Gasteiger partial charge in [0.1, 0.15) is 0 Å². The number of nitrogens with one attached hydrogen (secondary N) is 2. The van der Waals surface area contributed by atoms with Crippen molar-refractivity contribution < 1.29 is 9.59 Å². The van der Waals surface area contributed by atoms with Gasteiger partial charge >= 0.3 is 0 Å². The molecule has 5 heteroatoms. The number of hydrogen-bond donors (Lipinski definition) is 3. The quantitative estimate of drug-likeness (QED) is 0.598. The molecule has 0 aromatic rings. The van der Waals surface area contributed by atoms with E-state index in [0.717, 1.165) is 12.8 Å². The highest BCUT2D eigenvalue weighted by Gasteiger charge is 2.48. The second-order valence-corrected chi connectivity index (χ2v) is 5.13. The zero-order valence-electron chi connectivity index (χ0n) is 10.2. The molecule has 0 aromatic carbocycles. The van der Waals surface area contributed by atoms with Crippen LogP contribution in [0.1, 0.15) is 26.7 Å². The molecule has 0 heterocycles. The molecule has 1 rings (SSSR count). The zero-order chi connectivity index (χ0) is 12.4. The first-order valence-electron chi connectivity index (χ1n) is 5.58. The summed E-state index contributed by atoms with van der Waals surface area (Å²) in [5.41, 5.74) is 4.62. The molecule has 92 valence electrons. The first kappa shape index (κ1) is 13.0. The fourth-order valence-electron chi connectivity index (χ4n) is 1.58. The molecule has 5 nitrogen and oxygen atoms in total. The van der Waals surface area contributed by atoms with E-state index in [4.69, 9.17) is 5.73 Å². The van der Waals surface area contributed by atoms with E-state index in [9.17, 15) is 9.59 Å². The number of carbonyl (C=O) groups excluding carboxylic acids is 2. The van der Waals surface area contributed by atoms with Gasteiger partial charge in [-0.1, -0.05) is 0 Å². The third-order valence-corrected chi connectivity index (χ3v) is 3.26. The Bertz CT molecular complexity index is 296. The van der Waals surface area contributed by atoms with Crippen molar-refractivity contribution in [2.75, 3.05) is 20.1 Å². The van der Waals surface area contributed by atoms with Crippen LogP contribution in [0.15, 0.2) is 0 Å². The first-order valence-corrected chi connectivity index (χ1v) is 5.58. The molecule has 0 unspecified atom stereocenters. The van der Waals surface area contributed by atoms with Gasteiger partial charge in [-0.05, 0) is 26.7 Å². The minimum atomic E-state index is -0.588. The van der Waals surface area contributed by atoms with Crippen molar-refractivity contribution in [3.8, 4) is 0 Å². The summed E-state index contributed by atoms with van der Waals surface area (Å²) < 4.78 is 0. The number of rotatable bonds is 5. The molecule has 4 N–H and O–H groups in total. The highest BCUT2D eigenvalue weighted by molar-refractivity contribution is 5.87. The van der Waals surface area contributed by atoms with Crippen molar-refractivity contribution in [2.24, 2.45) is 16.6 Å². The molecule has 2 amide bonds. The lowest BCUT2D eigenvalue weighted by molar-refractivity contribution is -0.130. The van der Waals surface area contributed by atoms with E-state index < -0.39 is 5.41 Å². The third-order valence-electron chi connectivity index (χ3n) is 3.26. The van der Waals surface area contributed by atoms with Crippen molar-refractivity contribution in [3.05, 3.63) is 0 Å². The Labute approximate surface area is 96.1 Å². The molecule has 16 heavy (non-hydrogen) atoms. The molecule has 0 saturated heterocycles. The lowest BCUT2D eigenvalue weighted by Gasteiger charge is -2.24. The Kier molecular flexibility index (Phi) is 3.57. The summed E-state index contributed by atoms with van der Waals surface area (Å²) in [7, 11) is 1.59. The molecule has 0 spiro atoms. The van der Waals surface area contributed by atoms with Crippen LogP contribution in [0, 0.1) is 10.8 Å². The fourth-order valence-corrected chi connectivity index (χ4v) is 1.58. The largest absolute Gasteiger partial charge is 0.359 e. The summed E-state index contributed by atoms with van der Waals surface area (Å²) in [5.74, 6) is -0.0997. The van der Waals surface area contributed by atoms with Gasteiger partial charge in [0, 0.05) is 20.1 Å². The van der Waals surface area contributed by atoms with Gasteiger partial charge in [0.05, 0.1) is 10.8 Å². The lowest BCUT2D eigenvalue weighted by atomic mass is 9.92. The zero-order valence-corrected chi connectivity index (χ0v) is 10.2. The maximum absolute atomic E-state index is 11.8. The van der Waals surface area contributed by atoms with Crippen LogP contribution in [-0.2, 0) is 9.59 Å². The van der Waals surface area contributed by atoms with Crippen molar-refractivity contribution in [1.29, 1.82) is 0 Å². The van der Waals surface area contributed by atoms with Crippen LogP contribution in [0.25, 0.3) is 0 Å². The van der Waals surface area contributed by atoms with Crippen LogP contribution in [0.3, 0.4) is 0 Å². The van der Waals surface area contributed by atoms with Crippen molar-refractivity contribution in [3.63, 3.8) is 0 Å². The highest BCUT2D eigenvalue weighted by Crippen LogP contribution is 2.44. The Morgan fingerprint density at radius 3 is 2.31 bits per heavy atom. The van der Waals surface area contributed by atoms with E-state index in [1.165, 1.54) is 0 Å². The van der Waals surface area contributed by atoms with Gasteiger partial charge in [0.15, 0.2) is 0 Å². The molecular weight excluding hydrogens is 206 g/mol. The van der Waals surface area contributed by atoms with Gasteiger partial charge in [-0.3, -0.25) is 9.59 Å². The Hall–Kier alpha value is -1.10. The average molecular weight is 227 g/mol. The summed E-state index contributed by atoms with van der Waals surface area (Å²) in [6.45, 7) is 4.33. The van der Waals surface area contributed by atoms with Crippen LogP contribution in [0.5, 0.6) is 0 Å². The average Bonchev–Trinajstić information content (AvgIpc) is 3.05. The number of nitrogens with two attached hydrogens (primary N) is 1. The molecule has 0 aromatic heterocycles. The molecule has 0 aliphatic heterocycles. The van der Waals surface area contributed by atoms with Crippen LogP contribution in [0.2, 0.25) is 0 Å².